The van der Waals surface area contributed by atoms with Crippen molar-refractivity contribution in [1.82, 2.24) is 0 Å². The summed E-state index contributed by atoms with van der Waals surface area (Å²) in [6, 6.07) is 0. The monoisotopic (exact) mass is 148 g/mol. The van der Waals surface area contributed by atoms with Crippen molar-refractivity contribution in [3.05, 3.63) is 0 Å². The van der Waals surface area contributed by atoms with E-state index in [2.05, 4.69) is 4.74 Å². The van der Waals surface area contributed by atoms with Crippen LogP contribution in [0.3, 0.4) is 0 Å². The summed E-state index contributed by atoms with van der Waals surface area (Å²) in [7, 11) is 1.53. The molecule has 0 amide bonds. The van der Waals surface area contributed by atoms with E-state index in [1.165, 1.54) is 7.11 Å². The number of carboxylic acid groups (broad SMARTS) is 1. The molecule has 0 rings (SSSR count). The Labute approximate surface area is 59.4 Å². The summed E-state index contributed by atoms with van der Waals surface area (Å²) in [5, 5.41) is 16.9. The lowest BCUT2D eigenvalue weighted by Gasteiger charge is -2.02. The SMILES string of the molecule is COCCCC(O)C(=O)O. The molecule has 0 heterocycles. The van der Waals surface area contributed by atoms with Crippen LogP contribution in [0.25, 0.3) is 0 Å². The van der Waals surface area contributed by atoms with Gasteiger partial charge in [-0.25, -0.2) is 4.79 Å². The van der Waals surface area contributed by atoms with Gasteiger partial charge in [0.25, 0.3) is 0 Å². The van der Waals surface area contributed by atoms with Crippen LogP contribution in [0.2, 0.25) is 0 Å². The molecule has 0 aliphatic carbocycles. The molecule has 60 valence electrons. The maximum atomic E-state index is 10.0. The minimum absolute atomic E-state index is 0.253. The van der Waals surface area contributed by atoms with Gasteiger partial charge in [0.15, 0.2) is 6.10 Å². The van der Waals surface area contributed by atoms with E-state index in [-0.39, 0.29) is 6.42 Å². The van der Waals surface area contributed by atoms with Gasteiger partial charge in [0.2, 0.25) is 0 Å². The predicted molar refractivity (Wildman–Crippen MR) is 34.8 cm³/mol. The molecule has 10 heavy (non-hydrogen) atoms. The highest BCUT2D eigenvalue weighted by Gasteiger charge is 2.11. The Morgan fingerprint density at radius 3 is 2.70 bits per heavy atom. The van der Waals surface area contributed by atoms with Gasteiger partial charge in [-0.2, -0.15) is 0 Å². The zero-order valence-electron chi connectivity index (χ0n) is 5.91. The summed E-state index contributed by atoms with van der Waals surface area (Å²) >= 11 is 0. The van der Waals surface area contributed by atoms with Crippen molar-refractivity contribution in [3.63, 3.8) is 0 Å². The van der Waals surface area contributed by atoms with E-state index >= 15 is 0 Å². The summed E-state index contributed by atoms with van der Waals surface area (Å²) in [5.74, 6) is -1.17. The summed E-state index contributed by atoms with van der Waals surface area (Å²) in [5.41, 5.74) is 0. The number of hydrogen-bond donors (Lipinski definition) is 2. The molecule has 0 saturated carbocycles. The molecule has 0 aliphatic heterocycles. The van der Waals surface area contributed by atoms with Gasteiger partial charge in [0.05, 0.1) is 0 Å². The van der Waals surface area contributed by atoms with Crippen LogP contribution in [0, 0.1) is 0 Å². The Kier molecular flexibility index (Phi) is 4.88. The second-order valence-electron chi connectivity index (χ2n) is 1.99. The van der Waals surface area contributed by atoms with E-state index in [4.69, 9.17) is 10.2 Å². The molecule has 0 bridgehead atoms. The van der Waals surface area contributed by atoms with Crippen molar-refractivity contribution in [1.29, 1.82) is 0 Å². The van der Waals surface area contributed by atoms with Crippen molar-refractivity contribution in [2.24, 2.45) is 0 Å². The van der Waals surface area contributed by atoms with Gasteiger partial charge >= 0.3 is 5.97 Å². The van der Waals surface area contributed by atoms with Crippen molar-refractivity contribution < 1.29 is 19.7 Å². The summed E-state index contributed by atoms with van der Waals surface area (Å²) < 4.78 is 4.67. The van der Waals surface area contributed by atoms with Crippen LogP contribution in [0.4, 0.5) is 0 Å². The third-order valence-electron chi connectivity index (χ3n) is 1.11. The Bertz CT molecular complexity index is 102. The van der Waals surface area contributed by atoms with Crippen molar-refractivity contribution >= 4 is 5.97 Å². The average molecular weight is 148 g/mol. The normalized spacial score (nSPS) is 13.0. The highest BCUT2D eigenvalue weighted by molar-refractivity contribution is 5.71. The first-order chi connectivity index (χ1) is 4.68. The van der Waals surface area contributed by atoms with Crippen LogP contribution in [-0.2, 0) is 9.53 Å². The fourth-order valence-electron chi connectivity index (χ4n) is 0.544. The molecule has 4 nitrogen and oxygen atoms in total. The van der Waals surface area contributed by atoms with Crippen LogP contribution >= 0.6 is 0 Å². The number of aliphatic hydroxyl groups excluding tert-OH is 1. The lowest BCUT2D eigenvalue weighted by Crippen LogP contribution is -2.19. The minimum atomic E-state index is -1.24. The maximum absolute atomic E-state index is 10.0. The van der Waals surface area contributed by atoms with E-state index in [1.807, 2.05) is 0 Å². The molecule has 1 unspecified atom stereocenters. The summed E-state index contributed by atoms with van der Waals surface area (Å²) in [4.78, 5) is 10.0. The zero-order chi connectivity index (χ0) is 7.98. The largest absolute Gasteiger partial charge is 0.479 e. The van der Waals surface area contributed by atoms with Crippen LogP contribution in [-0.4, -0.2) is 36.0 Å². The van der Waals surface area contributed by atoms with Gasteiger partial charge in [0.1, 0.15) is 0 Å². The first-order valence-electron chi connectivity index (χ1n) is 3.08. The van der Waals surface area contributed by atoms with E-state index in [1.54, 1.807) is 0 Å². The van der Waals surface area contributed by atoms with Gasteiger partial charge in [-0.15, -0.1) is 0 Å². The van der Waals surface area contributed by atoms with Gasteiger partial charge in [0, 0.05) is 13.7 Å². The van der Waals surface area contributed by atoms with Crippen LogP contribution in [0.5, 0.6) is 0 Å². The molecule has 0 saturated heterocycles. The average Bonchev–Trinajstić information content (AvgIpc) is 1.88. The second-order valence-corrected chi connectivity index (χ2v) is 1.99. The van der Waals surface area contributed by atoms with Gasteiger partial charge < -0.3 is 14.9 Å². The molecular formula is C6H12O4. The van der Waals surface area contributed by atoms with Crippen LogP contribution in [0.15, 0.2) is 0 Å². The molecular weight excluding hydrogens is 136 g/mol. The quantitative estimate of drug-likeness (QED) is 0.532. The topological polar surface area (TPSA) is 66.8 Å². The second kappa shape index (κ2) is 5.20. The third kappa shape index (κ3) is 4.29. The number of aliphatic carboxylic acids is 1. The summed E-state index contributed by atoms with van der Waals surface area (Å²) in [6.07, 6.45) is -0.414. The lowest BCUT2D eigenvalue weighted by atomic mass is 10.2. The molecule has 2 N–H and O–H groups in total. The summed E-state index contributed by atoms with van der Waals surface area (Å²) in [6.45, 7) is 0.490. The highest BCUT2D eigenvalue weighted by Crippen LogP contribution is 1.96. The Balaban J connectivity index is 3.21. The van der Waals surface area contributed by atoms with Crippen LogP contribution in [0.1, 0.15) is 12.8 Å². The molecule has 0 aromatic heterocycles. The molecule has 4 heteroatoms. The first-order valence-corrected chi connectivity index (χ1v) is 3.08. The van der Waals surface area contributed by atoms with Gasteiger partial charge in [-0.05, 0) is 12.8 Å². The van der Waals surface area contributed by atoms with E-state index in [0.29, 0.717) is 13.0 Å². The standard InChI is InChI=1S/C6H12O4/c1-10-4-2-3-5(7)6(8)9/h5,7H,2-4H2,1H3,(H,8,9). The van der Waals surface area contributed by atoms with Crippen LogP contribution < -0.4 is 0 Å². The Morgan fingerprint density at radius 1 is 1.70 bits per heavy atom. The number of carbonyl (C=O) groups is 1. The van der Waals surface area contributed by atoms with Crippen molar-refractivity contribution in [2.75, 3.05) is 13.7 Å². The van der Waals surface area contributed by atoms with E-state index in [0.717, 1.165) is 0 Å². The number of hydrogen-bond acceptors (Lipinski definition) is 3. The first kappa shape index (κ1) is 9.39. The van der Waals surface area contributed by atoms with E-state index < -0.39 is 12.1 Å². The van der Waals surface area contributed by atoms with Gasteiger partial charge in [-0.3, -0.25) is 0 Å². The van der Waals surface area contributed by atoms with Crippen molar-refractivity contribution in [2.45, 2.75) is 18.9 Å². The number of carboxylic acids is 1. The molecule has 0 aromatic carbocycles. The maximum Gasteiger partial charge on any atom is 0.332 e. The van der Waals surface area contributed by atoms with Gasteiger partial charge in [-0.1, -0.05) is 0 Å². The molecule has 0 radical (unpaired) electrons. The highest BCUT2D eigenvalue weighted by atomic mass is 16.5. The lowest BCUT2D eigenvalue weighted by molar-refractivity contribution is -0.147. The predicted octanol–water partition coefficient (Wildman–Crippen LogP) is -0.142. The molecule has 1 atom stereocenters. The van der Waals surface area contributed by atoms with Crippen molar-refractivity contribution in [3.8, 4) is 0 Å². The fourth-order valence-corrected chi connectivity index (χ4v) is 0.544. The molecule has 0 fully saturated rings. The number of methoxy groups -OCH3 is 1. The fraction of sp³-hybridized carbons (Fsp3) is 0.833. The zero-order valence-corrected chi connectivity index (χ0v) is 5.91. The number of rotatable bonds is 5. The minimum Gasteiger partial charge on any atom is -0.479 e. The number of ether oxygens (including phenoxy) is 1. The Hall–Kier alpha value is -0.610. The van der Waals surface area contributed by atoms with E-state index in [9.17, 15) is 4.79 Å². The molecule has 0 aromatic rings. The molecule has 0 spiro atoms. The smallest absolute Gasteiger partial charge is 0.332 e. The number of aliphatic hydroxyl groups is 1. The molecule has 0 aliphatic rings. The Morgan fingerprint density at radius 2 is 2.30 bits per heavy atom. The third-order valence-corrected chi connectivity index (χ3v) is 1.11.